The first-order valence-corrected chi connectivity index (χ1v) is 12.5. The van der Waals surface area contributed by atoms with Crippen molar-refractivity contribution in [2.75, 3.05) is 13.7 Å². The average molecular weight is 482 g/mol. The average Bonchev–Trinajstić information content (AvgIpc) is 3.09. The molecule has 4 fully saturated rings. The minimum Gasteiger partial charge on any atom is -0.472 e. The number of rotatable bonds is 8. The summed E-state index contributed by atoms with van der Waals surface area (Å²) in [6.45, 7) is 7.75. The first-order chi connectivity index (χ1) is 15.5. The molecule has 33 heavy (non-hydrogen) atoms. The van der Waals surface area contributed by atoms with Crippen LogP contribution in [-0.4, -0.2) is 58.4 Å². The van der Waals surface area contributed by atoms with Gasteiger partial charge in [-0.15, -0.1) is 11.8 Å². The van der Waals surface area contributed by atoms with E-state index in [0.717, 1.165) is 32.1 Å². The third-order valence-electron chi connectivity index (χ3n) is 6.91. The van der Waals surface area contributed by atoms with E-state index in [1.54, 1.807) is 13.8 Å². The van der Waals surface area contributed by atoms with E-state index in [-0.39, 0.29) is 35.4 Å². The number of ether oxygens (including phenoxy) is 2. The second kappa shape index (κ2) is 9.02. The van der Waals surface area contributed by atoms with Crippen LogP contribution in [0.3, 0.4) is 0 Å². The predicted octanol–water partition coefficient (Wildman–Crippen LogP) is 3.36. The standard InChI is InChI=1S/C23H35N3O6S/c1-12(2)33-18-17(32-26-20(18)31-11-22(3,4)25-21(28)30-5)19(27)24-16-14-6-13-7-15(16)10-23(29,8-13)9-14/h12-16,29H,6-11H2,1-5H3,(H,24,27)(H,25,28)/t13?,14?,15?,16-,23-. The number of hydrogen-bond acceptors (Lipinski definition) is 8. The number of carbonyl (C=O) groups is 2. The molecule has 2 atom stereocenters. The van der Waals surface area contributed by atoms with Gasteiger partial charge in [0.1, 0.15) is 11.5 Å². The second-order valence-electron chi connectivity index (χ2n) is 10.8. The van der Waals surface area contributed by atoms with Crippen LogP contribution in [0.2, 0.25) is 0 Å². The number of aliphatic hydroxyl groups is 1. The maximum atomic E-state index is 13.3. The van der Waals surface area contributed by atoms with Gasteiger partial charge in [-0.25, -0.2) is 4.79 Å². The number of carbonyl (C=O) groups excluding carboxylic acids is 2. The molecule has 4 bridgehead atoms. The van der Waals surface area contributed by atoms with E-state index in [1.165, 1.54) is 18.9 Å². The lowest BCUT2D eigenvalue weighted by atomic mass is 9.52. The summed E-state index contributed by atoms with van der Waals surface area (Å²) in [5.41, 5.74) is -1.26. The van der Waals surface area contributed by atoms with Crippen LogP contribution >= 0.6 is 11.8 Å². The number of methoxy groups -OCH3 is 1. The molecule has 1 aromatic heterocycles. The fraction of sp³-hybridized carbons (Fsp3) is 0.783. The van der Waals surface area contributed by atoms with Crippen molar-refractivity contribution in [1.82, 2.24) is 15.8 Å². The monoisotopic (exact) mass is 481 g/mol. The third kappa shape index (κ3) is 5.26. The van der Waals surface area contributed by atoms with Gasteiger partial charge in [-0.2, -0.15) is 0 Å². The lowest BCUT2D eigenvalue weighted by Crippen LogP contribution is -2.61. The maximum absolute atomic E-state index is 13.3. The Hall–Kier alpha value is -1.94. The van der Waals surface area contributed by atoms with Gasteiger partial charge in [0.05, 0.1) is 18.2 Å². The molecule has 4 aliphatic rings. The molecule has 5 rings (SSSR count). The highest BCUT2D eigenvalue weighted by molar-refractivity contribution is 8.00. The number of nitrogens with zero attached hydrogens (tertiary/aromatic N) is 1. The van der Waals surface area contributed by atoms with Crippen LogP contribution < -0.4 is 15.4 Å². The zero-order chi connectivity index (χ0) is 24.0. The Morgan fingerprint density at radius 3 is 2.52 bits per heavy atom. The van der Waals surface area contributed by atoms with Gasteiger partial charge in [0.25, 0.3) is 11.8 Å². The van der Waals surface area contributed by atoms with Crippen molar-refractivity contribution in [3.05, 3.63) is 5.76 Å². The number of nitrogens with one attached hydrogen (secondary N) is 2. The van der Waals surface area contributed by atoms with Crippen LogP contribution in [0.15, 0.2) is 9.42 Å². The molecule has 2 unspecified atom stereocenters. The van der Waals surface area contributed by atoms with E-state index in [0.29, 0.717) is 22.6 Å². The highest BCUT2D eigenvalue weighted by Crippen LogP contribution is 2.55. The van der Waals surface area contributed by atoms with Crippen LogP contribution in [-0.2, 0) is 4.74 Å². The molecule has 0 spiro atoms. The minimum atomic E-state index is -0.713. The highest BCUT2D eigenvalue weighted by atomic mass is 32.2. The Morgan fingerprint density at radius 1 is 1.27 bits per heavy atom. The number of aromatic nitrogens is 1. The van der Waals surface area contributed by atoms with E-state index < -0.39 is 17.2 Å². The zero-order valence-corrected chi connectivity index (χ0v) is 20.8. The first kappa shape index (κ1) is 24.2. The summed E-state index contributed by atoms with van der Waals surface area (Å²) < 4.78 is 16.0. The Balaban J connectivity index is 1.46. The van der Waals surface area contributed by atoms with Gasteiger partial charge < -0.3 is 29.7 Å². The Morgan fingerprint density at radius 2 is 1.94 bits per heavy atom. The summed E-state index contributed by atoms with van der Waals surface area (Å²) in [5.74, 6) is 1.26. The van der Waals surface area contributed by atoms with Crippen molar-refractivity contribution in [3.8, 4) is 5.88 Å². The molecule has 0 saturated heterocycles. The zero-order valence-electron chi connectivity index (χ0n) is 20.0. The molecule has 0 radical (unpaired) electrons. The van der Waals surface area contributed by atoms with Crippen LogP contribution in [0.5, 0.6) is 5.88 Å². The van der Waals surface area contributed by atoms with E-state index in [9.17, 15) is 14.7 Å². The van der Waals surface area contributed by atoms with Crippen molar-refractivity contribution in [2.45, 2.75) is 87.1 Å². The fourth-order valence-corrected chi connectivity index (χ4v) is 6.79. The summed E-state index contributed by atoms with van der Waals surface area (Å²) >= 11 is 1.45. The van der Waals surface area contributed by atoms with Crippen LogP contribution in [0.4, 0.5) is 4.79 Å². The van der Waals surface area contributed by atoms with E-state index in [4.69, 9.17) is 9.26 Å². The summed E-state index contributed by atoms with van der Waals surface area (Å²) in [6.07, 6.45) is 3.98. The van der Waals surface area contributed by atoms with Crippen molar-refractivity contribution in [2.24, 2.45) is 17.8 Å². The molecule has 4 saturated carbocycles. The molecule has 1 aromatic rings. The van der Waals surface area contributed by atoms with Crippen LogP contribution in [0, 0.1) is 17.8 Å². The van der Waals surface area contributed by atoms with E-state index in [1.807, 2.05) is 13.8 Å². The number of thioether (sulfide) groups is 1. The molecular weight excluding hydrogens is 446 g/mol. The molecule has 4 aliphatic carbocycles. The smallest absolute Gasteiger partial charge is 0.407 e. The topological polar surface area (TPSA) is 123 Å². The lowest BCUT2D eigenvalue weighted by Gasteiger charge is -2.58. The number of hydrogen-bond donors (Lipinski definition) is 3. The van der Waals surface area contributed by atoms with Crippen molar-refractivity contribution >= 4 is 23.8 Å². The van der Waals surface area contributed by atoms with Gasteiger partial charge in [-0.1, -0.05) is 13.8 Å². The third-order valence-corrected chi connectivity index (χ3v) is 7.98. The molecular formula is C23H35N3O6S. The van der Waals surface area contributed by atoms with Gasteiger partial charge in [0.2, 0.25) is 5.76 Å². The van der Waals surface area contributed by atoms with Crippen molar-refractivity contribution < 1.29 is 28.7 Å². The Bertz CT molecular complexity index is 885. The minimum absolute atomic E-state index is 0.0453. The van der Waals surface area contributed by atoms with Crippen molar-refractivity contribution in [1.29, 1.82) is 0 Å². The van der Waals surface area contributed by atoms with Gasteiger partial charge in [-0.3, -0.25) is 4.79 Å². The molecule has 0 aromatic carbocycles. The van der Waals surface area contributed by atoms with E-state index in [2.05, 4.69) is 20.5 Å². The summed E-state index contributed by atoms with van der Waals surface area (Å²) in [7, 11) is 1.30. The largest absolute Gasteiger partial charge is 0.472 e. The summed E-state index contributed by atoms with van der Waals surface area (Å²) in [6, 6.07) is 0.0453. The SMILES string of the molecule is COC(=O)NC(C)(C)COc1noc(C(=O)N[C@H]2C3CC4CC2C[C@](O)(C4)C3)c1SC(C)C. The molecule has 0 aliphatic heterocycles. The van der Waals surface area contributed by atoms with Gasteiger partial charge in [0.15, 0.2) is 0 Å². The lowest BCUT2D eigenvalue weighted by molar-refractivity contribution is -0.137. The number of amides is 2. The number of alkyl carbamates (subject to hydrolysis) is 1. The normalized spacial score (nSPS) is 30.4. The van der Waals surface area contributed by atoms with Crippen LogP contribution in [0.25, 0.3) is 0 Å². The molecule has 10 heteroatoms. The molecule has 3 N–H and O–H groups in total. The van der Waals surface area contributed by atoms with Crippen LogP contribution in [0.1, 0.15) is 70.4 Å². The molecule has 1 heterocycles. The second-order valence-corrected chi connectivity index (χ2v) is 12.4. The van der Waals surface area contributed by atoms with Crippen molar-refractivity contribution in [3.63, 3.8) is 0 Å². The Labute approximate surface area is 198 Å². The van der Waals surface area contributed by atoms with E-state index >= 15 is 0 Å². The van der Waals surface area contributed by atoms with Gasteiger partial charge in [0, 0.05) is 11.3 Å². The Kier molecular flexibility index (Phi) is 6.61. The van der Waals surface area contributed by atoms with Gasteiger partial charge >= 0.3 is 6.09 Å². The predicted molar refractivity (Wildman–Crippen MR) is 122 cm³/mol. The summed E-state index contributed by atoms with van der Waals surface area (Å²) in [4.78, 5) is 25.4. The highest BCUT2D eigenvalue weighted by Gasteiger charge is 2.55. The molecule has 2 amide bonds. The first-order valence-electron chi connectivity index (χ1n) is 11.7. The van der Waals surface area contributed by atoms with Gasteiger partial charge in [-0.05, 0) is 68.9 Å². The fourth-order valence-electron chi connectivity index (χ4n) is 5.89. The molecule has 9 nitrogen and oxygen atoms in total. The molecule has 184 valence electrons. The summed E-state index contributed by atoms with van der Waals surface area (Å²) in [5, 5.41) is 20.9. The quantitative estimate of drug-likeness (QED) is 0.483. The maximum Gasteiger partial charge on any atom is 0.407 e.